The molecule has 0 saturated carbocycles. The van der Waals surface area contributed by atoms with Gasteiger partial charge in [0, 0.05) is 23.0 Å². The molecule has 0 unspecified atom stereocenters. The lowest BCUT2D eigenvalue weighted by atomic mass is 10.1. The molecule has 1 aromatic heterocycles. The molecular weight excluding hydrogens is 415 g/mol. The van der Waals surface area contributed by atoms with Crippen LogP contribution in [0.15, 0.2) is 59.2 Å². The number of ketones is 1. The predicted octanol–water partition coefficient (Wildman–Crippen LogP) is 4.68. The summed E-state index contributed by atoms with van der Waals surface area (Å²) in [6.07, 6.45) is 1.65. The molecule has 1 heterocycles. The maximum Gasteiger partial charge on any atom is 0.324 e. The summed E-state index contributed by atoms with van der Waals surface area (Å²) in [5, 5.41) is 9.52. The maximum absolute atomic E-state index is 13.8. The monoisotopic (exact) mass is 430 g/mol. The summed E-state index contributed by atoms with van der Waals surface area (Å²) in [4.78, 5) is 23.6. The normalized spacial score (nSPS) is 10.5. The number of rotatable bonds is 5. The van der Waals surface area contributed by atoms with Crippen LogP contribution < -0.4 is 10.6 Å². The summed E-state index contributed by atoms with van der Waals surface area (Å²) in [5.41, 5.74) is 1.48. The van der Waals surface area contributed by atoms with E-state index in [4.69, 9.17) is 0 Å². The van der Waals surface area contributed by atoms with Gasteiger partial charge in [-0.2, -0.15) is 5.10 Å². The van der Waals surface area contributed by atoms with Gasteiger partial charge in [-0.1, -0.05) is 30.3 Å². The number of benzene rings is 2. The minimum atomic E-state index is -0.507. The number of anilines is 2. The number of hydrogen-bond donors (Lipinski definition) is 2. The van der Waals surface area contributed by atoms with Crippen molar-refractivity contribution in [1.82, 2.24) is 9.78 Å². The van der Waals surface area contributed by atoms with Crippen LogP contribution >= 0.6 is 15.9 Å². The molecule has 3 aromatic rings. The van der Waals surface area contributed by atoms with Crippen molar-refractivity contribution in [2.75, 3.05) is 10.6 Å². The van der Waals surface area contributed by atoms with Crippen LogP contribution in [-0.4, -0.2) is 21.6 Å². The molecule has 0 aliphatic carbocycles. The molecule has 2 amide bonds. The van der Waals surface area contributed by atoms with Gasteiger partial charge in [-0.25, -0.2) is 9.18 Å². The second-order valence-electron chi connectivity index (χ2n) is 5.83. The SMILES string of the molecule is CC(=O)c1cccc(NC(=O)Nc2nn(Cc3ccccc3F)cc2Br)c1. The number of halogens is 2. The summed E-state index contributed by atoms with van der Waals surface area (Å²) in [7, 11) is 0. The van der Waals surface area contributed by atoms with E-state index in [9.17, 15) is 14.0 Å². The van der Waals surface area contributed by atoms with E-state index >= 15 is 0 Å². The summed E-state index contributed by atoms with van der Waals surface area (Å²) < 4.78 is 15.9. The number of aromatic nitrogens is 2. The smallest absolute Gasteiger partial charge is 0.308 e. The zero-order valence-corrected chi connectivity index (χ0v) is 16.0. The van der Waals surface area contributed by atoms with Crippen LogP contribution in [0.25, 0.3) is 0 Å². The van der Waals surface area contributed by atoms with Crippen LogP contribution in [0.2, 0.25) is 0 Å². The van der Waals surface area contributed by atoms with Crippen molar-refractivity contribution >= 4 is 39.2 Å². The number of nitrogens with one attached hydrogen (secondary N) is 2. The minimum absolute atomic E-state index is 0.0892. The highest BCUT2D eigenvalue weighted by Gasteiger charge is 2.12. The topological polar surface area (TPSA) is 76.0 Å². The first-order valence-electron chi connectivity index (χ1n) is 8.08. The number of hydrogen-bond acceptors (Lipinski definition) is 3. The fourth-order valence-electron chi connectivity index (χ4n) is 2.45. The van der Waals surface area contributed by atoms with Crippen LogP contribution in [0.1, 0.15) is 22.8 Å². The first-order valence-corrected chi connectivity index (χ1v) is 8.87. The van der Waals surface area contributed by atoms with E-state index in [1.54, 1.807) is 48.7 Å². The number of carbonyl (C=O) groups excluding carboxylic acids is 2. The van der Waals surface area contributed by atoms with Crippen LogP contribution in [-0.2, 0) is 6.54 Å². The summed E-state index contributed by atoms with van der Waals surface area (Å²) in [5.74, 6) is -0.109. The molecule has 6 nitrogen and oxygen atoms in total. The second kappa shape index (κ2) is 8.13. The molecule has 0 saturated heterocycles. The van der Waals surface area contributed by atoms with Gasteiger partial charge in [0.05, 0.1) is 11.0 Å². The predicted molar refractivity (Wildman–Crippen MR) is 105 cm³/mol. The van der Waals surface area contributed by atoms with Gasteiger partial charge < -0.3 is 5.32 Å². The molecule has 0 atom stereocenters. The van der Waals surface area contributed by atoms with Crippen LogP contribution in [0.3, 0.4) is 0 Å². The van der Waals surface area contributed by atoms with Gasteiger partial charge in [0.2, 0.25) is 0 Å². The Bertz CT molecular complexity index is 1000. The van der Waals surface area contributed by atoms with Crippen molar-refractivity contribution in [3.63, 3.8) is 0 Å². The second-order valence-corrected chi connectivity index (χ2v) is 6.69. The standard InChI is InChI=1S/C19H16BrFN4O2/c1-12(26)13-6-4-7-15(9-13)22-19(27)23-18-16(20)11-25(24-18)10-14-5-2-3-8-17(14)21/h2-9,11H,10H2,1H3,(H2,22,23,24,27). The number of nitrogens with zero attached hydrogens (tertiary/aromatic N) is 2. The van der Waals surface area contributed by atoms with E-state index in [1.807, 2.05) is 0 Å². The van der Waals surface area contributed by atoms with E-state index < -0.39 is 6.03 Å². The zero-order valence-electron chi connectivity index (χ0n) is 14.4. The molecule has 138 valence electrons. The fourth-order valence-corrected chi connectivity index (χ4v) is 2.86. The van der Waals surface area contributed by atoms with E-state index in [0.29, 0.717) is 27.1 Å². The van der Waals surface area contributed by atoms with Crippen LogP contribution in [0.5, 0.6) is 0 Å². The number of urea groups is 1. The average Bonchev–Trinajstić information content (AvgIpc) is 2.96. The molecule has 0 fully saturated rings. The highest BCUT2D eigenvalue weighted by molar-refractivity contribution is 9.10. The molecule has 0 aliphatic heterocycles. The van der Waals surface area contributed by atoms with Crippen molar-refractivity contribution in [3.05, 3.63) is 76.1 Å². The average molecular weight is 431 g/mol. The lowest BCUT2D eigenvalue weighted by Gasteiger charge is -2.07. The Morgan fingerprint density at radius 2 is 1.93 bits per heavy atom. The Balaban J connectivity index is 1.68. The molecule has 0 aliphatic rings. The van der Waals surface area contributed by atoms with Gasteiger partial charge >= 0.3 is 6.03 Å². The third-order valence-electron chi connectivity index (χ3n) is 3.77. The van der Waals surface area contributed by atoms with Crippen molar-refractivity contribution in [1.29, 1.82) is 0 Å². The van der Waals surface area contributed by atoms with Gasteiger partial charge in [-0.15, -0.1) is 0 Å². The number of carbonyl (C=O) groups is 2. The highest BCUT2D eigenvalue weighted by Crippen LogP contribution is 2.21. The van der Waals surface area contributed by atoms with E-state index in [-0.39, 0.29) is 18.1 Å². The van der Waals surface area contributed by atoms with Gasteiger partial charge in [0.1, 0.15) is 5.82 Å². The molecule has 0 spiro atoms. The highest BCUT2D eigenvalue weighted by atomic mass is 79.9. The van der Waals surface area contributed by atoms with Gasteiger partial charge in [-0.3, -0.25) is 14.8 Å². The van der Waals surface area contributed by atoms with Crippen molar-refractivity contribution in [2.24, 2.45) is 0 Å². The third-order valence-corrected chi connectivity index (χ3v) is 4.35. The van der Waals surface area contributed by atoms with Gasteiger partial charge in [0.25, 0.3) is 0 Å². The minimum Gasteiger partial charge on any atom is -0.308 e. The molecule has 27 heavy (non-hydrogen) atoms. The van der Waals surface area contributed by atoms with E-state index in [0.717, 1.165) is 0 Å². The number of Topliss-reactive ketones (excluding diaryl/α,β-unsaturated/α-hetero) is 1. The summed E-state index contributed by atoms with van der Waals surface area (Å²) >= 11 is 3.33. The van der Waals surface area contributed by atoms with Crippen molar-refractivity contribution in [3.8, 4) is 0 Å². The van der Waals surface area contributed by atoms with Crippen LogP contribution in [0, 0.1) is 5.82 Å². The van der Waals surface area contributed by atoms with Crippen molar-refractivity contribution in [2.45, 2.75) is 13.5 Å². The molecule has 0 bridgehead atoms. The zero-order chi connectivity index (χ0) is 19.4. The quantitative estimate of drug-likeness (QED) is 0.576. The molecule has 2 aromatic carbocycles. The molecular formula is C19H16BrFN4O2. The molecule has 0 radical (unpaired) electrons. The summed E-state index contributed by atoms with van der Waals surface area (Å²) in [6.45, 7) is 1.69. The van der Waals surface area contributed by atoms with Gasteiger partial charge in [0.15, 0.2) is 11.6 Å². The molecule has 8 heteroatoms. The van der Waals surface area contributed by atoms with E-state index in [1.165, 1.54) is 17.7 Å². The Kier molecular flexibility index (Phi) is 5.66. The first-order chi connectivity index (χ1) is 12.9. The number of amides is 2. The first kappa shape index (κ1) is 18.8. The molecule has 3 rings (SSSR count). The largest absolute Gasteiger partial charge is 0.324 e. The van der Waals surface area contributed by atoms with Gasteiger partial charge in [-0.05, 0) is 41.1 Å². The lowest BCUT2D eigenvalue weighted by Crippen LogP contribution is -2.20. The van der Waals surface area contributed by atoms with Crippen molar-refractivity contribution < 1.29 is 14.0 Å². The summed E-state index contributed by atoms with van der Waals surface area (Å²) in [6, 6.07) is 12.5. The Labute approximate surface area is 163 Å². The fraction of sp³-hybridized carbons (Fsp3) is 0.105. The molecule has 2 N–H and O–H groups in total. The Morgan fingerprint density at radius 1 is 1.15 bits per heavy atom. The maximum atomic E-state index is 13.8. The Hall–Kier alpha value is -3.00. The Morgan fingerprint density at radius 3 is 2.67 bits per heavy atom. The van der Waals surface area contributed by atoms with Crippen LogP contribution in [0.4, 0.5) is 20.7 Å². The van der Waals surface area contributed by atoms with E-state index in [2.05, 4.69) is 31.7 Å². The lowest BCUT2D eigenvalue weighted by molar-refractivity contribution is 0.101. The third kappa shape index (κ3) is 4.79.